The number of halogens is 3. The van der Waals surface area contributed by atoms with Crippen LogP contribution in [-0.4, -0.2) is 36.4 Å². The molecule has 42 heavy (non-hydrogen) atoms. The monoisotopic (exact) mass is 587 g/mol. The third-order valence-electron chi connectivity index (χ3n) is 8.39. The minimum absolute atomic E-state index is 0.0257. The highest BCUT2D eigenvalue weighted by atomic mass is 19.4. The number of alkyl halides is 3. The van der Waals surface area contributed by atoms with Gasteiger partial charge in [-0.3, -0.25) is 0 Å². The molecular formula is C32H36F3NO6. The second-order valence-electron chi connectivity index (χ2n) is 11.2. The Morgan fingerprint density at radius 2 is 1.69 bits per heavy atom. The molecule has 0 aliphatic carbocycles. The van der Waals surface area contributed by atoms with E-state index >= 15 is 0 Å². The number of aromatic hydroxyl groups is 1. The quantitative estimate of drug-likeness (QED) is 0.375. The minimum atomic E-state index is -4.62. The van der Waals surface area contributed by atoms with Crippen LogP contribution in [0.3, 0.4) is 0 Å². The van der Waals surface area contributed by atoms with Gasteiger partial charge in [0.15, 0.2) is 0 Å². The average Bonchev–Trinajstić information content (AvgIpc) is 2.93. The van der Waals surface area contributed by atoms with Gasteiger partial charge in [-0.2, -0.15) is 13.2 Å². The minimum Gasteiger partial charge on any atom is -0.507 e. The molecule has 2 unspecified atom stereocenters. The number of methoxy groups -OCH3 is 1. The lowest BCUT2D eigenvalue weighted by atomic mass is 9.80. The normalized spacial score (nSPS) is 20.5. The Kier molecular flexibility index (Phi) is 8.40. The van der Waals surface area contributed by atoms with Crippen molar-refractivity contribution in [1.82, 2.24) is 5.32 Å². The summed E-state index contributed by atoms with van der Waals surface area (Å²) in [5, 5.41) is 13.4. The summed E-state index contributed by atoms with van der Waals surface area (Å²) < 4.78 is 57.8. The number of allylic oxidation sites excluding steroid dienone is 2. The second-order valence-corrected chi connectivity index (χ2v) is 11.2. The topological polar surface area (TPSA) is 94.1 Å². The summed E-state index contributed by atoms with van der Waals surface area (Å²) in [6.45, 7) is 10.7. The fourth-order valence-corrected chi connectivity index (χ4v) is 5.78. The highest BCUT2D eigenvalue weighted by molar-refractivity contribution is 5.99. The van der Waals surface area contributed by atoms with Crippen LogP contribution >= 0.6 is 0 Å². The molecule has 2 N–H and O–H groups in total. The number of carbonyl (C=O) groups excluding carboxylic acids is 2. The van der Waals surface area contributed by atoms with Crippen molar-refractivity contribution < 1.29 is 42.1 Å². The Hall–Kier alpha value is -3.95. The van der Waals surface area contributed by atoms with Gasteiger partial charge in [-0.1, -0.05) is 18.2 Å². The number of esters is 2. The first-order valence-electron chi connectivity index (χ1n) is 13.7. The van der Waals surface area contributed by atoms with Gasteiger partial charge in [-0.15, -0.1) is 0 Å². The van der Waals surface area contributed by atoms with Crippen LogP contribution in [0.1, 0.15) is 72.9 Å². The molecule has 2 aliphatic rings. The van der Waals surface area contributed by atoms with Crippen molar-refractivity contribution in [3.8, 4) is 11.5 Å². The van der Waals surface area contributed by atoms with Crippen LogP contribution in [0.2, 0.25) is 0 Å². The molecule has 0 spiro atoms. The molecule has 7 nitrogen and oxygen atoms in total. The van der Waals surface area contributed by atoms with Gasteiger partial charge in [0.2, 0.25) is 0 Å². The molecule has 0 bridgehead atoms. The van der Waals surface area contributed by atoms with Crippen molar-refractivity contribution in [1.29, 1.82) is 0 Å². The Morgan fingerprint density at radius 1 is 1.05 bits per heavy atom. The zero-order chi connectivity index (χ0) is 31.1. The van der Waals surface area contributed by atoms with Gasteiger partial charge in [0.1, 0.15) is 17.1 Å². The number of fused-ring (bicyclic) bond motifs is 1. The maximum atomic E-state index is 13.6. The molecule has 0 amide bonds. The van der Waals surface area contributed by atoms with Crippen molar-refractivity contribution in [3.63, 3.8) is 0 Å². The summed E-state index contributed by atoms with van der Waals surface area (Å²) in [5.41, 5.74) is 2.69. The number of ether oxygens (including phenoxy) is 3. The molecule has 0 aromatic heterocycles. The van der Waals surface area contributed by atoms with E-state index < -0.39 is 35.2 Å². The number of hydrogen-bond donors (Lipinski definition) is 2. The molecule has 0 fully saturated rings. The highest BCUT2D eigenvalue weighted by Gasteiger charge is 2.40. The Morgan fingerprint density at radius 3 is 2.31 bits per heavy atom. The van der Waals surface area contributed by atoms with Gasteiger partial charge in [0.25, 0.3) is 0 Å². The lowest BCUT2D eigenvalue weighted by molar-refractivity contribution is -0.140. The van der Waals surface area contributed by atoms with Crippen molar-refractivity contribution >= 4 is 11.9 Å². The van der Waals surface area contributed by atoms with Crippen LogP contribution in [0, 0.1) is 20.8 Å². The van der Waals surface area contributed by atoms with Crippen molar-refractivity contribution in [2.75, 3.05) is 13.7 Å². The number of phenolic OH excluding ortho intramolecular Hbond substituents is 1. The van der Waals surface area contributed by atoms with Crippen LogP contribution in [-0.2, 0) is 31.7 Å². The summed E-state index contributed by atoms with van der Waals surface area (Å²) in [4.78, 5) is 26.4. The lowest BCUT2D eigenvalue weighted by Crippen LogP contribution is -2.39. The summed E-state index contributed by atoms with van der Waals surface area (Å²) in [5.74, 6) is -1.67. The summed E-state index contributed by atoms with van der Waals surface area (Å²) >= 11 is 0. The maximum absolute atomic E-state index is 13.6. The number of hydrogen-bond acceptors (Lipinski definition) is 7. The maximum Gasteiger partial charge on any atom is 0.416 e. The predicted molar refractivity (Wildman–Crippen MR) is 150 cm³/mol. The molecular weight excluding hydrogens is 551 g/mol. The fourth-order valence-electron chi connectivity index (χ4n) is 5.78. The average molecular weight is 588 g/mol. The third kappa shape index (κ3) is 5.71. The fraction of sp³-hybridized carbons (Fsp3) is 0.438. The van der Waals surface area contributed by atoms with E-state index in [2.05, 4.69) is 5.32 Å². The van der Waals surface area contributed by atoms with Crippen LogP contribution in [0.5, 0.6) is 11.5 Å². The predicted octanol–water partition coefficient (Wildman–Crippen LogP) is 6.46. The molecule has 226 valence electrons. The second kappa shape index (κ2) is 11.4. The molecule has 2 aromatic carbocycles. The summed E-state index contributed by atoms with van der Waals surface area (Å²) in [6, 6.07) is 4.56. The Balaban J connectivity index is 1.60. The van der Waals surface area contributed by atoms with Gasteiger partial charge >= 0.3 is 18.1 Å². The number of phenols is 1. The first kappa shape index (κ1) is 31.0. The standard InChI is InChI=1S/C32H36F3NO6/c1-16-17(2)28-23(18(3)27(16)37)11-12-31(6,42-28)13-14-41-30(39)25-20(5)36-19(4)24(29(38)40-7)26(25)21-9-8-10-22(15-21)32(33,34)35/h8-10,15,26,36-37H,11-14H2,1-7H3. The van der Waals surface area contributed by atoms with Gasteiger partial charge in [0, 0.05) is 23.4 Å². The number of nitrogens with one attached hydrogen (secondary N) is 1. The van der Waals surface area contributed by atoms with Crippen LogP contribution in [0.15, 0.2) is 46.8 Å². The van der Waals surface area contributed by atoms with Gasteiger partial charge < -0.3 is 24.6 Å². The molecule has 0 radical (unpaired) electrons. The van der Waals surface area contributed by atoms with Crippen molar-refractivity contribution in [3.05, 3.63) is 80.2 Å². The van der Waals surface area contributed by atoms with E-state index in [-0.39, 0.29) is 29.1 Å². The molecule has 2 aromatic rings. The molecule has 2 atom stereocenters. The summed E-state index contributed by atoms with van der Waals surface area (Å²) in [7, 11) is 1.17. The zero-order valence-corrected chi connectivity index (χ0v) is 24.8. The molecule has 4 rings (SSSR count). The first-order chi connectivity index (χ1) is 19.6. The molecule has 2 aliphatic heterocycles. The number of rotatable bonds is 6. The van der Waals surface area contributed by atoms with E-state index in [0.29, 0.717) is 30.7 Å². The van der Waals surface area contributed by atoms with E-state index in [1.807, 2.05) is 27.7 Å². The number of dihydropyridines is 1. The van der Waals surface area contributed by atoms with E-state index in [4.69, 9.17) is 14.2 Å². The number of carbonyl (C=O) groups is 2. The van der Waals surface area contributed by atoms with Crippen molar-refractivity contribution in [2.24, 2.45) is 0 Å². The van der Waals surface area contributed by atoms with E-state index in [1.165, 1.54) is 19.2 Å². The van der Waals surface area contributed by atoms with E-state index in [1.54, 1.807) is 13.8 Å². The number of benzene rings is 2. The zero-order valence-electron chi connectivity index (χ0n) is 24.8. The summed E-state index contributed by atoms with van der Waals surface area (Å²) in [6.07, 6.45) is -2.96. The SMILES string of the molecule is COC(=O)C1=C(C)NC(C)=C(C(=O)OCCC2(C)CCc3c(C)c(O)c(C)c(C)c3O2)C1c1cccc(C(F)(F)F)c1. The van der Waals surface area contributed by atoms with Gasteiger partial charge in [-0.25, -0.2) is 9.59 Å². The molecule has 0 saturated heterocycles. The van der Waals surface area contributed by atoms with Crippen LogP contribution < -0.4 is 10.1 Å². The highest BCUT2D eigenvalue weighted by Crippen LogP contribution is 2.45. The van der Waals surface area contributed by atoms with Crippen LogP contribution in [0.4, 0.5) is 13.2 Å². The molecule has 10 heteroatoms. The van der Waals surface area contributed by atoms with E-state index in [9.17, 15) is 27.9 Å². The Labute approximate surface area is 243 Å². The van der Waals surface area contributed by atoms with Crippen molar-refractivity contribution in [2.45, 2.75) is 78.5 Å². The van der Waals surface area contributed by atoms with Gasteiger partial charge in [0.05, 0.1) is 36.3 Å². The first-order valence-corrected chi connectivity index (χ1v) is 13.7. The smallest absolute Gasteiger partial charge is 0.416 e. The molecule has 2 heterocycles. The van der Waals surface area contributed by atoms with Gasteiger partial charge in [-0.05, 0) is 82.7 Å². The largest absolute Gasteiger partial charge is 0.507 e. The lowest BCUT2D eigenvalue weighted by Gasteiger charge is -2.38. The third-order valence-corrected chi connectivity index (χ3v) is 8.39. The van der Waals surface area contributed by atoms with Crippen LogP contribution in [0.25, 0.3) is 0 Å². The Bertz CT molecular complexity index is 1510. The molecule has 0 saturated carbocycles. The van der Waals surface area contributed by atoms with E-state index in [0.717, 1.165) is 40.1 Å².